The lowest BCUT2D eigenvalue weighted by molar-refractivity contribution is 0.0958. The molecule has 2 aromatic heterocycles. The van der Waals surface area contributed by atoms with Gasteiger partial charge in [-0.15, -0.1) is 0 Å². The number of benzene rings is 2. The van der Waals surface area contributed by atoms with Gasteiger partial charge in [0.2, 0.25) is 5.95 Å². The van der Waals surface area contributed by atoms with E-state index >= 15 is 0 Å². The fraction of sp³-hybridized carbons (Fsp3) is 0.136. The number of H-pyrrole nitrogens is 1. The molecule has 5 nitrogen and oxygen atoms in total. The number of hydrogen-bond acceptors (Lipinski definition) is 3. The van der Waals surface area contributed by atoms with Crippen LogP contribution in [0.5, 0.6) is 0 Å². The van der Waals surface area contributed by atoms with Crippen LogP contribution in [0.4, 0.5) is 0 Å². The highest BCUT2D eigenvalue weighted by molar-refractivity contribution is 5.98. The molecule has 0 spiro atoms. The van der Waals surface area contributed by atoms with Crippen molar-refractivity contribution in [2.45, 2.75) is 12.8 Å². The third-order valence-corrected chi connectivity index (χ3v) is 5.01. The summed E-state index contributed by atoms with van der Waals surface area (Å²) in [6.45, 7) is 0. The summed E-state index contributed by atoms with van der Waals surface area (Å²) in [6.07, 6.45) is 7.17. The quantitative estimate of drug-likeness (QED) is 0.599. The molecule has 27 heavy (non-hydrogen) atoms. The molecular formula is C22H18N4O. The number of hydrogen-bond donors (Lipinski definition) is 1. The van der Waals surface area contributed by atoms with E-state index in [1.54, 1.807) is 10.9 Å². The third-order valence-electron chi connectivity index (χ3n) is 5.01. The molecule has 1 atom stereocenters. The molecule has 5 rings (SSSR count). The Kier molecular flexibility index (Phi) is 3.71. The number of nitrogens with one attached hydrogen (secondary N) is 1. The van der Waals surface area contributed by atoms with Crippen LogP contribution in [0.1, 0.15) is 28.0 Å². The Morgan fingerprint density at radius 3 is 2.70 bits per heavy atom. The van der Waals surface area contributed by atoms with Crippen LogP contribution >= 0.6 is 0 Å². The number of nitrogens with zero attached hydrogens (tertiary/aromatic N) is 3. The minimum atomic E-state index is 0.140. The number of allylic oxidation sites excluding steroid dienone is 1. The first-order chi connectivity index (χ1) is 13.3. The lowest BCUT2D eigenvalue weighted by Gasteiger charge is -2.19. The molecule has 1 aliphatic carbocycles. The number of carbonyl (C=O) groups excluding carboxylic acids is 1. The molecule has 0 fully saturated rings. The summed E-state index contributed by atoms with van der Waals surface area (Å²) >= 11 is 0. The molecule has 4 aromatic rings. The lowest BCUT2D eigenvalue weighted by atomic mass is 9.86. The number of carbonyl (C=O) groups is 1. The van der Waals surface area contributed by atoms with Gasteiger partial charge in [0.15, 0.2) is 5.78 Å². The second-order valence-corrected chi connectivity index (χ2v) is 6.86. The van der Waals surface area contributed by atoms with Gasteiger partial charge in [0.25, 0.3) is 0 Å². The van der Waals surface area contributed by atoms with Crippen LogP contribution < -0.4 is 0 Å². The number of Topliss-reactive ketones (excluding diaryl/α,β-unsaturated/α-hetero) is 1. The molecule has 0 amide bonds. The monoisotopic (exact) mass is 354 g/mol. The first-order valence-corrected chi connectivity index (χ1v) is 9.06. The average molecular weight is 354 g/mol. The normalized spacial score (nSPS) is 16.9. The van der Waals surface area contributed by atoms with Crippen LogP contribution in [0.2, 0.25) is 0 Å². The average Bonchev–Trinajstić information content (AvgIpc) is 3.31. The number of para-hydroxylation sites is 2. The van der Waals surface area contributed by atoms with Crippen LogP contribution in [0.25, 0.3) is 23.1 Å². The van der Waals surface area contributed by atoms with Crippen LogP contribution in [0, 0.1) is 5.92 Å². The summed E-state index contributed by atoms with van der Waals surface area (Å²) in [5, 5.41) is 4.44. The van der Waals surface area contributed by atoms with Crippen LogP contribution in [0.15, 0.2) is 66.9 Å². The number of imidazole rings is 1. The third kappa shape index (κ3) is 2.87. The summed E-state index contributed by atoms with van der Waals surface area (Å²) < 4.78 is 1.77. The predicted molar refractivity (Wildman–Crippen MR) is 105 cm³/mol. The molecule has 0 unspecified atom stereocenters. The molecule has 1 N–H and O–H groups in total. The Hall–Kier alpha value is -3.47. The lowest BCUT2D eigenvalue weighted by Crippen LogP contribution is -2.20. The van der Waals surface area contributed by atoms with Gasteiger partial charge >= 0.3 is 0 Å². The molecule has 0 saturated carbocycles. The molecule has 2 heterocycles. The highest BCUT2D eigenvalue weighted by Gasteiger charge is 2.28. The van der Waals surface area contributed by atoms with Gasteiger partial charge in [-0.3, -0.25) is 4.79 Å². The largest absolute Gasteiger partial charge is 0.322 e. The highest BCUT2D eigenvalue weighted by atomic mass is 16.1. The number of aromatic nitrogens is 4. The van der Waals surface area contributed by atoms with Gasteiger partial charge in [0, 0.05) is 6.42 Å². The zero-order chi connectivity index (χ0) is 18.2. The zero-order valence-electron chi connectivity index (χ0n) is 14.7. The van der Waals surface area contributed by atoms with E-state index in [-0.39, 0.29) is 11.7 Å². The summed E-state index contributed by atoms with van der Waals surface area (Å²) in [5.74, 6) is 0.948. The fourth-order valence-electron chi connectivity index (χ4n) is 3.64. The molecular weight excluding hydrogens is 336 g/mol. The number of rotatable bonds is 3. The first kappa shape index (κ1) is 15.8. The van der Waals surface area contributed by atoms with Crippen molar-refractivity contribution in [3.63, 3.8) is 0 Å². The van der Waals surface area contributed by atoms with Crippen molar-refractivity contribution in [3.8, 4) is 5.95 Å². The molecule has 1 aliphatic rings. The minimum absolute atomic E-state index is 0.140. The Morgan fingerprint density at radius 2 is 1.85 bits per heavy atom. The van der Waals surface area contributed by atoms with Gasteiger partial charge in [0.1, 0.15) is 0 Å². The Balaban J connectivity index is 1.48. The van der Waals surface area contributed by atoms with E-state index in [0.717, 1.165) is 28.7 Å². The van der Waals surface area contributed by atoms with E-state index in [0.29, 0.717) is 17.9 Å². The summed E-state index contributed by atoms with van der Waals surface area (Å²) in [4.78, 5) is 20.5. The molecule has 0 radical (unpaired) electrons. The maximum atomic E-state index is 12.6. The maximum absolute atomic E-state index is 12.6. The molecule has 2 aromatic carbocycles. The predicted octanol–water partition coefficient (Wildman–Crippen LogP) is 4.21. The topological polar surface area (TPSA) is 63.6 Å². The van der Waals surface area contributed by atoms with E-state index in [1.165, 1.54) is 0 Å². The van der Waals surface area contributed by atoms with Gasteiger partial charge in [0.05, 0.1) is 28.5 Å². The van der Waals surface area contributed by atoms with Crippen molar-refractivity contribution < 1.29 is 4.79 Å². The van der Waals surface area contributed by atoms with Gasteiger partial charge in [-0.2, -0.15) is 5.10 Å². The molecule has 0 saturated heterocycles. The van der Waals surface area contributed by atoms with E-state index in [2.05, 4.69) is 39.4 Å². The zero-order valence-corrected chi connectivity index (χ0v) is 14.7. The maximum Gasteiger partial charge on any atom is 0.229 e. The van der Waals surface area contributed by atoms with E-state index in [4.69, 9.17) is 0 Å². The molecule has 132 valence electrons. The SMILES string of the molecule is O=C1C[C@H](/C=C/c2ccccc2)Cc2c1cnn2-c1nc2ccccc2[nH]1. The smallest absolute Gasteiger partial charge is 0.229 e. The van der Waals surface area contributed by atoms with Crippen molar-refractivity contribution >= 4 is 22.9 Å². The van der Waals surface area contributed by atoms with Crippen LogP contribution in [-0.2, 0) is 6.42 Å². The Morgan fingerprint density at radius 1 is 1.04 bits per heavy atom. The van der Waals surface area contributed by atoms with Gasteiger partial charge in [-0.1, -0.05) is 54.6 Å². The number of fused-ring (bicyclic) bond motifs is 2. The van der Waals surface area contributed by atoms with Crippen molar-refractivity contribution in [2.75, 3.05) is 0 Å². The van der Waals surface area contributed by atoms with Gasteiger partial charge in [-0.05, 0) is 30.0 Å². The second kappa shape index (κ2) is 6.36. The Labute approximate surface area is 156 Å². The van der Waals surface area contributed by atoms with Crippen LogP contribution in [0.3, 0.4) is 0 Å². The van der Waals surface area contributed by atoms with Crippen molar-refractivity contribution in [2.24, 2.45) is 5.92 Å². The second-order valence-electron chi connectivity index (χ2n) is 6.86. The first-order valence-electron chi connectivity index (χ1n) is 9.06. The number of aromatic amines is 1. The summed E-state index contributed by atoms with van der Waals surface area (Å²) in [5.41, 5.74) is 4.62. The molecule has 0 aliphatic heterocycles. The molecule has 0 bridgehead atoms. The van der Waals surface area contributed by atoms with Gasteiger partial charge < -0.3 is 4.98 Å². The summed E-state index contributed by atoms with van der Waals surface area (Å²) in [7, 11) is 0. The highest BCUT2D eigenvalue weighted by Crippen LogP contribution is 2.28. The van der Waals surface area contributed by atoms with E-state index in [1.807, 2.05) is 42.5 Å². The Bertz CT molecular complexity index is 1120. The van der Waals surface area contributed by atoms with E-state index < -0.39 is 0 Å². The standard InChI is InChI=1S/C22H18N4O/c27-21-13-16(11-10-15-6-2-1-3-7-15)12-20-17(21)14-23-26(20)22-24-18-8-4-5-9-19(18)25-22/h1-11,14,16H,12-13H2,(H,24,25)/b11-10+/t16-/m1/s1. The van der Waals surface area contributed by atoms with Crippen molar-refractivity contribution in [1.29, 1.82) is 0 Å². The van der Waals surface area contributed by atoms with Crippen molar-refractivity contribution in [3.05, 3.63) is 83.7 Å². The fourth-order valence-corrected chi connectivity index (χ4v) is 3.64. The molecule has 5 heteroatoms. The summed E-state index contributed by atoms with van der Waals surface area (Å²) in [6, 6.07) is 18.0. The minimum Gasteiger partial charge on any atom is -0.322 e. The number of ketones is 1. The van der Waals surface area contributed by atoms with Crippen molar-refractivity contribution in [1.82, 2.24) is 19.7 Å². The van der Waals surface area contributed by atoms with Crippen LogP contribution in [-0.4, -0.2) is 25.5 Å². The van der Waals surface area contributed by atoms with Gasteiger partial charge in [-0.25, -0.2) is 9.67 Å². The van der Waals surface area contributed by atoms with E-state index in [9.17, 15) is 4.79 Å².